The molecule has 5 nitrogen and oxygen atoms in total. The van der Waals surface area contributed by atoms with Crippen LogP contribution in [0.25, 0.3) is 0 Å². The van der Waals surface area contributed by atoms with E-state index in [0.717, 1.165) is 25.9 Å². The normalized spacial score (nSPS) is 16.5. The number of ether oxygens (including phenoxy) is 1. The minimum absolute atomic E-state index is 0.177. The molecule has 22 heavy (non-hydrogen) atoms. The Bertz CT molecular complexity index is 503. The second-order valence-corrected chi connectivity index (χ2v) is 6.74. The molecule has 1 aliphatic rings. The summed E-state index contributed by atoms with van der Waals surface area (Å²) in [4.78, 5) is 14.2. The Balaban J connectivity index is 1.87. The molecular weight excluding hydrogens is 278 g/mol. The number of nitrogens with two attached hydrogens (primary N) is 1. The highest BCUT2D eigenvalue weighted by Gasteiger charge is 2.24. The third-order valence-corrected chi connectivity index (χ3v) is 3.77. The maximum atomic E-state index is 11.8. The van der Waals surface area contributed by atoms with Gasteiger partial charge in [0, 0.05) is 31.4 Å². The summed E-state index contributed by atoms with van der Waals surface area (Å²) in [5.74, 6) is 0. The van der Waals surface area contributed by atoms with Gasteiger partial charge in [0.1, 0.15) is 5.60 Å². The molecular formula is C17H27N3O2. The molecule has 1 fully saturated rings. The van der Waals surface area contributed by atoms with Crippen molar-refractivity contribution in [2.45, 2.75) is 51.8 Å². The van der Waals surface area contributed by atoms with Gasteiger partial charge in [-0.15, -0.1) is 0 Å². The number of carbonyl (C=O) groups excluding carboxylic acids is 1. The van der Waals surface area contributed by atoms with Crippen LogP contribution in [0.5, 0.6) is 0 Å². The summed E-state index contributed by atoms with van der Waals surface area (Å²) in [6.45, 7) is 8.00. The summed E-state index contributed by atoms with van der Waals surface area (Å²) < 4.78 is 5.31. The van der Waals surface area contributed by atoms with Gasteiger partial charge in [-0.05, 0) is 45.2 Å². The van der Waals surface area contributed by atoms with Crippen LogP contribution in [0.1, 0.15) is 39.2 Å². The predicted octanol–water partition coefficient (Wildman–Crippen LogP) is 2.64. The Morgan fingerprint density at radius 3 is 2.55 bits per heavy atom. The standard InChI is InChI=1S/C17H27N3O2/c1-17(2,3)22-16(21)19-14-8-10-20(11-9-14)15-7-5-4-6-13(15)12-18/h4-7,14H,8-12,18H2,1-3H3,(H,19,21). The Morgan fingerprint density at radius 2 is 1.95 bits per heavy atom. The number of anilines is 1. The molecule has 0 spiro atoms. The van der Waals surface area contributed by atoms with Gasteiger partial charge in [0.2, 0.25) is 0 Å². The first kappa shape index (κ1) is 16.6. The minimum Gasteiger partial charge on any atom is -0.444 e. The molecule has 0 aromatic heterocycles. The van der Waals surface area contributed by atoms with E-state index in [9.17, 15) is 4.79 Å². The number of amides is 1. The number of carbonyl (C=O) groups is 1. The molecule has 0 radical (unpaired) electrons. The topological polar surface area (TPSA) is 67.6 Å². The third kappa shape index (κ3) is 4.63. The lowest BCUT2D eigenvalue weighted by Crippen LogP contribution is -2.46. The van der Waals surface area contributed by atoms with Crippen molar-refractivity contribution in [1.29, 1.82) is 0 Å². The first-order valence-corrected chi connectivity index (χ1v) is 7.91. The summed E-state index contributed by atoms with van der Waals surface area (Å²) in [5.41, 5.74) is 7.73. The number of hydrogen-bond donors (Lipinski definition) is 2. The van der Waals surface area contributed by atoms with Crippen LogP contribution in [0.15, 0.2) is 24.3 Å². The second kappa shape index (κ2) is 7.01. The minimum atomic E-state index is -0.454. The monoisotopic (exact) mass is 305 g/mol. The zero-order valence-electron chi connectivity index (χ0n) is 13.8. The van der Waals surface area contributed by atoms with Crippen molar-refractivity contribution in [3.63, 3.8) is 0 Å². The number of para-hydroxylation sites is 1. The molecule has 122 valence electrons. The largest absolute Gasteiger partial charge is 0.444 e. The summed E-state index contributed by atoms with van der Waals surface area (Å²) in [6.07, 6.45) is 1.50. The molecule has 1 amide bonds. The molecule has 0 aliphatic carbocycles. The molecule has 0 saturated carbocycles. The Labute approximate surface area is 132 Å². The van der Waals surface area contributed by atoms with Crippen molar-refractivity contribution < 1.29 is 9.53 Å². The number of rotatable bonds is 3. The molecule has 1 aromatic carbocycles. The van der Waals surface area contributed by atoms with Crippen LogP contribution in [0.4, 0.5) is 10.5 Å². The van der Waals surface area contributed by atoms with Gasteiger partial charge in [0.05, 0.1) is 0 Å². The van der Waals surface area contributed by atoms with E-state index in [1.54, 1.807) is 0 Å². The van der Waals surface area contributed by atoms with Crippen LogP contribution < -0.4 is 16.0 Å². The Morgan fingerprint density at radius 1 is 1.32 bits per heavy atom. The van der Waals surface area contributed by atoms with Gasteiger partial charge in [0.25, 0.3) is 0 Å². The molecule has 3 N–H and O–H groups in total. The molecule has 2 rings (SSSR count). The predicted molar refractivity (Wildman–Crippen MR) is 88.9 cm³/mol. The molecule has 0 bridgehead atoms. The van der Waals surface area contributed by atoms with Gasteiger partial charge in [0.15, 0.2) is 0 Å². The average Bonchev–Trinajstić information content (AvgIpc) is 2.46. The van der Waals surface area contributed by atoms with Crippen molar-refractivity contribution in [1.82, 2.24) is 5.32 Å². The lowest BCUT2D eigenvalue weighted by atomic mass is 10.0. The smallest absolute Gasteiger partial charge is 0.407 e. The first-order chi connectivity index (χ1) is 10.4. The van der Waals surface area contributed by atoms with Crippen LogP contribution in [0.3, 0.4) is 0 Å². The molecule has 0 unspecified atom stereocenters. The van der Waals surface area contributed by atoms with E-state index in [1.807, 2.05) is 32.9 Å². The lowest BCUT2D eigenvalue weighted by molar-refractivity contribution is 0.0497. The Hall–Kier alpha value is -1.75. The van der Waals surface area contributed by atoms with E-state index < -0.39 is 5.60 Å². The van der Waals surface area contributed by atoms with Crippen LogP contribution >= 0.6 is 0 Å². The summed E-state index contributed by atoms with van der Waals surface area (Å²) in [6, 6.07) is 8.42. The zero-order chi connectivity index (χ0) is 16.2. The van der Waals surface area contributed by atoms with E-state index in [2.05, 4.69) is 22.3 Å². The van der Waals surface area contributed by atoms with Gasteiger partial charge < -0.3 is 20.7 Å². The van der Waals surface area contributed by atoms with Gasteiger partial charge in [-0.1, -0.05) is 18.2 Å². The fourth-order valence-corrected chi connectivity index (χ4v) is 2.73. The van der Waals surface area contributed by atoms with Crippen LogP contribution in [-0.4, -0.2) is 30.8 Å². The van der Waals surface area contributed by atoms with Gasteiger partial charge in [-0.3, -0.25) is 0 Å². The van der Waals surface area contributed by atoms with Gasteiger partial charge in [-0.25, -0.2) is 4.79 Å². The zero-order valence-corrected chi connectivity index (χ0v) is 13.8. The summed E-state index contributed by atoms with van der Waals surface area (Å²) in [7, 11) is 0. The highest BCUT2D eigenvalue weighted by atomic mass is 16.6. The molecule has 1 aromatic rings. The molecule has 0 atom stereocenters. The fourth-order valence-electron chi connectivity index (χ4n) is 2.73. The van der Waals surface area contributed by atoms with Crippen LogP contribution in [-0.2, 0) is 11.3 Å². The molecule has 1 aliphatic heterocycles. The van der Waals surface area contributed by atoms with Gasteiger partial charge >= 0.3 is 6.09 Å². The highest BCUT2D eigenvalue weighted by molar-refractivity contribution is 5.68. The van der Waals surface area contributed by atoms with Crippen molar-refractivity contribution in [2.24, 2.45) is 5.73 Å². The van der Waals surface area contributed by atoms with E-state index >= 15 is 0 Å². The summed E-state index contributed by atoms with van der Waals surface area (Å²) >= 11 is 0. The quantitative estimate of drug-likeness (QED) is 0.901. The SMILES string of the molecule is CC(C)(C)OC(=O)NC1CCN(c2ccccc2CN)CC1. The number of nitrogens with zero attached hydrogens (tertiary/aromatic N) is 1. The number of piperidine rings is 1. The van der Waals surface area contributed by atoms with Crippen molar-refractivity contribution in [3.8, 4) is 0 Å². The van der Waals surface area contributed by atoms with E-state index in [-0.39, 0.29) is 12.1 Å². The fraction of sp³-hybridized carbons (Fsp3) is 0.588. The lowest BCUT2D eigenvalue weighted by Gasteiger charge is -2.35. The van der Waals surface area contributed by atoms with Crippen LogP contribution in [0, 0.1) is 0 Å². The Kier molecular flexibility index (Phi) is 5.29. The summed E-state index contributed by atoms with van der Waals surface area (Å²) in [5, 5.41) is 2.96. The first-order valence-electron chi connectivity index (χ1n) is 7.91. The average molecular weight is 305 g/mol. The van der Waals surface area contributed by atoms with Crippen molar-refractivity contribution in [3.05, 3.63) is 29.8 Å². The van der Waals surface area contributed by atoms with E-state index in [0.29, 0.717) is 6.54 Å². The number of hydrogen-bond acceptors (Lipinski definition) is 4. The van der Waals surface area contributed by atoms with Crippen molar-refractivity contribution in [2.75, 3.05) is 18.0 Å². The van der Waals surface area contributed by atoms with Crippen molar-refractivity contribution >= 4 is 11.8 Å². The molecule has 1 saturated heterocycles. The van der Waals surface area contributed by atoms with Gasteiger partial charge in [-0.2, -0.15) is 0 Å². The van der Waals surface area contributed by atoms with Crippen LogP contribution in [0.2, 0.25) is 0 Å². The highest BCUT2D eigenvalue weighted by Crippen LogP contribution is 2.24. The third-order valence-electron chi connectivity index (χ3n) is 3.77. The number of benzene rings is 1. The van der Waals surface area contributed by atoms with E-state index in [1.165, 1.54) is 11.3 Å². The maximum Gasteiger partial charge on any atom is 0.407 e. The number of nitrogens with one attached hydrogen (secondary N) is 1. The second-order valence-electron chi connectivity index (χ2n) is 6.74. The molecule has 5 heteroatoms. The molecule has 1 heterocycles. The maximum absolute atomic E-state index is 11.8. The van der Waals surface area contributed by atoms with E-state index in [4.69, 9.17) is 10.5 Å². The number of alkyl carbamates (subject to hydrolysis) is 1.